The molecule has 7 heteroatoms. The average Bonchev–Trinajstić information content (AvgIpc) is 3.22. The highest BCUT2D eigenvalue weighted by atomic mass is 32.2. The van der Waals surface area contributed by atoms with Crippen molar-refractivity contribution in [3.63, 3.8) is 0 Å². The van der Waals surface area contributed by atoms with Gasteiger partial charge < -0.3 is 10.2 Å². The van der Waals surface area contributed by atoms with Crippen LogP contribution < -0.4 is 0 Å². The van der Waals surface area contributed by atoms with Gasteiger partial charge in [0.15, 0.2) is 10.0 Å². The number of thioether (sulfide) groups is 1. The standard InChI is InChI=1S/C22H31NO4S2/c1-22(27,12-9-15-4-2-5-15)11-3-6-16-7-8-19(24)17(16)10-13-28-21-23-18(14-29-21)20(25)26/h3,6,14-17,27H,2,4-5,7-13H2,1H3,(H,25,26)/t16-,17+,22+/m0/s1. The minimum absolute atomic E-state index is 0.0255. The summed E-state index contributed by atoms with van der Waals surface area (Å²) in [4.78, 5) is 27.3. The molecule has 5 nitrogen and oxygen atoms in total. The fourth-order valence-electron chi connectivity index (χ4n) is 4.13. The molecular weight excluding hydrogens is 406 g/mol. The number of carbonyl (C=O) groups excluding carboxylic acids is 1. The second kappa shape index (κ2) is 10.2. The molecule has 0 aromatic carbocycles. The average molecular weight is 438 g/mol. The lowest BCUT2D eigenvalue weighted by molar-refractivity contribution is -0.121. The molecule has 0 bridgehead atoms. The molecule has 2 fully saturated rings. The number of hydrogen-bond donors (Lipinski definition) is 2. The summed E-state index contributed by atoms with van der Waals surface area (Å²) in [7, 11) is 0. The number of thiazole rings is 1. The fourth-order valence-corrected chi connectivity index (χ4v) is 6.02. The second-order valence-corrected chi connectivity index (χ2v) is 10.9. The fraction of sp³-hybridized carbons (Fsp3) is 0.682. The SMILES string of the molecule is C[C@@](O)(CC=C[C@H]1CCC(=O)[C@@H]1CCSc1nc(C(=O)O)cs1)CCC1CCC1. The summed E-state index contributed by atoms with van der Waals surface area (Å²) < 4.78 is 0.738. The summed E-state index contributed by atoms with van der Waals surface area (Å²) in [6, 6.07) is 0. The van der Waals surface area contributed by atoms with E-state index < -0.39 is 11.6 Å². The maximum absolute atomic E-state index is 12.3. The normalized spacial score (nSPS) is 24.7. The van der Waals surface area contributed by atoms with Gasteiger partial charge >= 0.3 is 5.97 Å². The highest BCUT2D eigenvalue weighted by Gasteiger charge is 2.32. The molecule has 3 rings (SSSR count). The highest BCUT2D eigenvalue weighted by molar-refractivity contribution is 8.01. The summed E-state index contributed by atoms with van der Waals surface area (Å²) in [5.74, 6) is 1.15. The second-order valence-electron chi connectivity index (χ2n) is 8.68. The van der Waals surface area contributed by atoms with Crippen LogP contribution in [0.5, 0.6) is 0 Å². The molecule has 2 N–H and O–H groups in total. The molecule has 1 aromatic heterocycles. The Kier molecular flexibility index (Phi) is 7.93. The zero-order valence-corrected chi connectivity index (χ0v) is 18.6. The predicted molar refractivity (Wildman–Crippen MR) is 117 cm³/mol. The Morgan fingerprint density at radius 3 is 2.83 bits per heavy atom. The van der Waals surface area contributed by atoms with Crippen LogP contribution in [0.15, 0.2) is 21.9 Å². The van der Waals surface area contributed by atoms with Gasteiger partial charge in [0.05, 0.1) is 5.60 Å². The monoisotopic (exact) mass is 437 g/mol. The van der Waals surface area contributed by atoms with E-state index in [4.69, 9.17) is 5.11 Å². The molecule has 160 valence electrons. The van der Waals surface area contributed by atoms with Gasteiger partial charge in [-0.15, -0.1) is 11.3 Å². The van der Waals surface area contributed by atoms with Crippen LogP contribution in [0.25, 0.3) is 0 Å². The molecule has 2 aliphatic carbocycles. The molecule has 1 aromatic rings. The lowest BCUT2D eigenvalue weighted by Crippen LogP contribution is -2.25. The van der Waals surface area contributed by atoms with E-state index in [1.54, 1.807) is 5.38 Å². The van der Waals surface area contributed by atoms with Crippen LogP contribution in [-0.4, -0.2) is 38.3 Å². The van der Waals surface area contributed by atoms with Gasteiger partial charge in [0, 0.05) is 23.5 Å². The zero-order chi connectivity index (χ0) is 20.9. The maximum atomic E-state index is 12.3. The number of allylic oxidation sites excluding steroid dienone is 1. The Bertz CT molecular complexity index is 739. The Hall–Kier alpha value is -1.18. The number of carbonyl (C=O) groups is 2. The highest BCUT2D eigenvalue weighted by Crippen LogP contribution is 2.36. The summed E-state index contributed by atoms with van der Waals surface area (Å²) in [5.41, 5.74) is -0.577. The van der Waals surface area contributed by atoms with Gasteiger partial charge in [0.2, 0.25) is 0 Å². The Morgan fingerprint density at radius 2 is 2.17 bits per heavy atom. The van der Waals surface area contributed by atoms with Crippen LogP contribution in [0, 0.1) is 17.8 Å². The van der Waals surface area contributed by atoms with Crippen molar-refractivity contribution in [3.05, 3.63) is 23.2 Å². The van der Waals surface area contributed by atoms with E-state index in [2.05, 4.69) is 17.1 Å². The van der Waals surface area contributed by atoms with E-state index in [9.17, 15) is 14.7 Å². The lowest BCUT2D eigenvalue weighted by Gasteiger charge is -2.29. The number of carboxylic acid groups (broad SMARTS) is 1. The van der Waals surface area contributed by atoms with Crippen molar-refractivity contribution >= 4 is 34.9 Å². The molecule has 0 radical (unpaired) electrons. The first-order chi connectivity index (χ1) is 13.8. The predicted octanol–water partition coefficient (Wildman–Crippen LogP) is 5.20. The Balaban J connectivity index is 1.43. The summed E-state index contributed by atoms with van der Waals surface area (Å²) >= 11 is 2.86. The molecule has 0 aliphatic heterocycles. The number of aromatic carboxylic acids is 1. The van der Waals surface area contributed by atoms with Crippen molar-refractivity contribution in [2.75, 3.05) is 5.75 Å². The van der Waals surface area contributed by atoms with Crippen molar-refractivity contribution in [1.82, 2.24) is 4.98 Å². The molecule has 0 saturated heterocycles. The minimum atomic E-state index is -1.01. The van der Waals surface area contributed by atoms with Gasteiger partial charge in [-0.1, -0.05) is 43.2 Å². The van der Waals surface area contributed by atoms with E-state index in [1.807, 2.05) is 6.92 Å². The van der Waals surface area contributed by atoms with Crippen LogP contribution in [0.1, 0.15) is 75.2 Å². The molecule has 29 heavy (non-hydrogen) atoms. The van der Waals surface area contributed by atoms with Crippen molar-refractivity contribution in [2.24, 2.45) is 17.8 Å². The van der Waals surface area contributed by atoms with Crippen LogP contribution in [0.3, 0.4) is 0 Å². The van der Waals surface area contributed by atoms with Crippen molar-refractivity contribution < 1.29 is 19.8 Å². The van der Waals surface area contributed by atoms with E-state index in [0.717, 1.165) is 41.7 Å². The maximum Gasteiger partial charge on any atom is 0.355 e. The van der Waals surface area contributed by atoms with Crippen molar-refractivity contribution in [1.29, 1.82) is 0 Å². The third kappa shape index (κ3) is 6.66. The van der Waals surface area contributed by atoms with Crippen LogP contribution in [-0.2, 0) is 4.79 Å². The third-order valence-corrected chi connectivity index (χ3v) is 8.32. The van der Waals surface area contributed by atoms with E-state index in [1.165, 1.54) is 42.4 Å². The molecule has 2 saturated carbocycles. The lowest BCUT2D eigenvalue weighted by atomic mass is 9.79. The molecule has 1 heterocycles. The smallest absolute Gasteiger partial charge is 0.355 e. The van der Waals surface area contributed by atoms with E-state index in [-0.39, 0.29) is 17.5 Å². The van der Waals surface area contributed by atoms with Gasteiger partial charge in [-0.05, 0) is 50.9 Å². The van der Waals surface area contributed by atoms with Gasteiger partial charge in [-0.2, -0.15) is 0 Å². The van der Waals surface area contributed by atoms with Gasteiger partial charge in [0.1, 0.15) is 5.78 Å². The van der Waals surface area contributed by atoms with Crippen LogP contribution in [0.4, 0.5) is 0 Å². The van der Waals surface area contributed by atoms with Crippen LogP contribution in [0.2, 0.25) is 0 Å². The first-order valence-corrected chi connectivity index (χ1v) is 12.4. The van der Waals surface area contributed by atoms with Crippen molar-refractivity contribution in [2.45, 2.75) is 74.7 Å². The number of rotatable bonds is 11. The number of hydrogen-bond acceptors (Lipinski definition) is 6. The molecule has 2 aliphatic rings. The summed E-state index contributed by atoms with van der Waals surface area (Å²) in [6.07, 6.45) is 13.1. The molecule has 0 unspecified atom stereocenters. The quantitative estimate of drug-likeness (QED) is 0.366. The number of nitrogens with zero attached hydrogens (tertiary/aromatic N) is 1. The van der Waals surface area contributed by atoms with Crippen molar-refractivity contribution in [3.8, 4) is 0 Å². The molecule has 0 spiro atoms. The summed E-state index contributed by atoms with van der Waals surface area (Å²) in [6.45, 7) is 1.92. The zero-order valence-electron chi connectivity index (χ0n) is 17.0. The topological polar surface area (TPSA) is 87.5 Å². The number of aliphatic hydroxyl groups is 1. The van der Waals surface area contributed by atoms with E-state index in [0.29, 0.717) is 18.6 Å². The van der Waals surface area contributed by atoms with Gasteiger partial charge in [-0.25, -0.2) is 9.78 Å². The van der Waals surface area contributed by atoms with Gasteiger partial charge in [0.25, 0.3) is 0 Å². The third-order valence-electron chi connectivity index (χ3n) is 6.27. The summed E-state index contributed by atoms with van der Waals surface area (Å²) in [5, 5.41) is 21.1. The van der Waals surface area contributed by atoms with Gasteiger partial charge in [-0.3, -0.25) is 4.79 Å². The Labute approximate surface area is 181 Å². The molecule has 0 amide bonds. The Morgan fingerprint density at radius 1 is 1.38 bits per heavy atom. The first kappa shape index (κ1) is 22.5. The largest absolute Gasteiger partial charge is 0.476 e. The first-order valence-electron chi connectivity index (χ1n) is 10.6. The number of carboxylic acids is 1. The number of Topliss-reactive ketones (excluding diaryl/α,β-unsaturated/α-hetero) is 1. The van der Waals surface area contributed by atoms with Crippen LogP contribution >= 0.6 is 23.1 Å². The minimum Gasteiger partial charge on any atom is -0.476 e. The number of aromatic nitrogens is 1. The number of ketones is 1. The van der Waals surface area contributed by atoms with E-state index >= 15 is 0 Å². The molecular formula is C22H31NO4S2. The molecule has 3 atom stereocenters.